The van der Waals surface area contributed by atoms with Crippen LogP contribution in [0.3, 0.4) is 0 Å². The summed E-state index contributed by atoms with van der Waals surface area (Å²) in [5.41, 5.74) is 2.25. The minimum absolute atomic E-state index is 0.0330. The quantitative estimate of drug-likeness (QED) is 0.298. The van der Waals surface area contributed by atoms with Crippen LogP contribution in [0.1, 0.15) is 90.0 Å². The third kappa shape index (κ3) is 7.05. The second-order valence-electron chi connectivity index (χ2n) is 9.59. The van der Waals surface area contributed by atoms with E-state index in [-0.39, 0.29) is 5.75 Å². The Morgan fingerprint density at radius 1 is 0.750 bits per heavy atom. The van der Waals surface area contributed by atoms with Crippen LogP contribution < -0.4 is 4.74 Å². The maximum absolute atomic E-state index is 14.8. The summed E-state index contributed by atoms with van der Waals surface area (Å²) in [5.74, 6) is -0.383. The summed E-state index contributed by atoms with van der Waals surface area (Å²) in [6.45, 7) is 4.93. The maximum Gasteiger partial charge on any atom is 0.201 e. The van der Waals surface area contributed by atoms with Crippen molar-refractivity contribution in [3.63, 3.8) is 0 Å². The second-order valence-corrected chi connectivity index (χ2v) is 9.59. The molecule has 0 aliphatic heterocycles. The fraction of sp³-hybridized carbons (Fsp3) is 0.586. The standard InChI is InChI=1S/C29H40F2O/c1-3-5-6-7-8-10-23-15-17-25(18-16-23)26-19-20-27(29(31)28(26)30)32-21-24-13-11-22(9-4-2)12-14-24/h15-20,22,24H,3-14,21H2,1-2H3/t22-,24-. The highest BCUT2D eigenvalue weighted by Gasteiger charge is 2.22. The molecule has 2 aromatic rings. The molecule has 1 nitrogen and oxygen atoms in total. The smallest absolute Gasteiger partial charge is 0.201 e. The van der Waals surface area contributed by atoms with Crippen LogP contribution >= 0.6 is 0 Å². The first-order valence-corrected chi connectivity index (χ1v) is 12.8. The van der Waals surface area contributed by atoms with E-state index in [1.165, 1.54) is 63.4 Å². The van der Waals surface area contributed by atoms with Crippen molar-refractivity contribution in [1.82, 2.24) is 0 Å². The summed E-state index contributed by atoms with van der Waals surface area (Å²) in [6.07, 6.45) is 14.5. The Morgan fingerprint density at radius 3 is 2.12 bits per heavy atom. The largest absolute Gasteiger partial charge is 0.490 e. The zero-order valence-electron chi connectivity index (χ0n) is 20.0. The average Bonchev–Trinajstić information content (AvgIpc) is 2.82. The SMILES string of the molecule is CCCCCCCc1ccc(-c2ccc(OC[C@H]3CC[C@H](CCC)CC3)c(F)c2F)cc1. The normalized spacial score (nSPS) is 18.6. The lowest BCUT2D eigenvalue weighted by Crippen LogP contribution is -2.20. The summed E-state index contributed by atoms with van der Waals surface area (Å²) in [4.78, 5) is 0. The molecule has 0 saturated heterocycles. The van der Waals surface area contributed by atoms with Gasteiger partial charge in [0.05, 0.1) is 6.61 Å². The molecule has 0 heterocycles. The number of hydrogen-bond donors (Lipinski definition) is 0. The Hall–Kier alpha value is -1.90. The van der Waals surface area contributed by atoms with Gasteiger partial charge in [0.1, 0.15) is 0 Å². The molecular formula is C29H40F2O. The molecule has 0 aromatic heterocycles. The van der Waals surface area contributed by atoms with E-state index in [9.17, 15) is 8.78 Å². The molecule has 0 bridgehead atoms. The second kappa shape index (κ2) is 13.0. The van der Waals surface area contributed by atoms with E-state index < -0.39 is 11.6 Å². The molecule has 1 aliphatic rings. The number of unbranched alkanes of at least 4 members (excludes halogenated alkanes) is 4. The lowest BCUT2D eigenvalue weighted by Gasteiger charge is -2.28. The van der Waals surface area contributed by atoms with Gasteiger partial charge in [-0.05, 0) is 60.8 Å². The van der Waals surface area contributed by atoms with Crippen molar-refractivity contribution in [2.45, 2.75) is 90.9 Å². The van der Waals surface area contributed by atoms with Crippen LogP contribution in [0.2, 0.25) is 0 Å². The van der Waals surface area contributed by atoms with Gasteiger partial charge in [0, 0.05) is 5.56 Å². The lowest BCUT2D eigenvalue weighted by atomic mass is 9.80. The first-order chi connectivity index (χ1) is 15.6. The highest BCUT2D eigenvalue weighted by molar-refractivity contribution is 5.65. The molecule has 176 valence electrons. The summed E-state index contributed by atoms with van der Waals surface area (Å²) in [7, 11) is 0. The van der Waals surface area contributed by atoms with Crippen molar-refractivity contribution >= 4 is 0 Å². The highest BCUT2D eigenvalue weighted by atomic mass is 19.2. The minimum atomic E-state index is -0.873. The highest BCUT2D eigenvalue weighted by Crippen LogP contribution is 2.34. The average molecular weight is 443 g/mol. The molecule has 0 radical (unpaired) electrons. The van der Waals surface area contributed by atoms with E-state index in [4.69, 9.17) is 4.74 Å². The van der Waals surface area contributed by atoms with E-state index in [1.807, 2.05) is 24.3 Å². The molecule has 0 amide bonds. The van der Waals surface area contributed by atoms with Gasteiger partial charge in [-0.2, -0.15) is 4.39 Å². The molecular weight excluding hydrogens is 402 g/mol. The molecule has 0 spiro atoms. The third-order valence-electron chi connectivity index (χ3n) is 7.02. The van der Waals surface area contributed by atoms with E-state index in [0.29, 0.717) is 23.7 Å². The summed E-state index contributed by atoms with van der Waals surface area (Å²) < 4.78 is 35.2. The molecule has 3 rings (SSSR count). The van der Waals surface area contributed by atoms with Crippen LogP contribution in [0, 0.1) is 23.5 Å². The first-order valence-electron chi connectivity index (χ1n) is 12.8. The lowest BCUT2D eigenvalue weighted by molar-refractivity contribution is 0.173. The fourth-order valence-electron chi connectivity index (χ4n) is 4.95. The van der Waals surface area contributed by atoms with Crippen molar-refractivity contribution in [3.05, 3.63) is 53.6 Å². The van der Waals surface area contributed by atoms with Crippen LogP contribution in [0.4, 0.5) is 8.78 Å². The van der Waals surface area contributed by atoms with Crippen LogP contribution in [0.5, 0.6) is 5.75 Å². The summed E-state index contributed by atoms with van der Waals surface area (Å²) in [6, 6.07) is 11.1. The minimum Gasteiger partial charge on any atom is -0.490 e. The van der Waals surface area contributed by atoms with E-state index in [0.717, 1.165) is 25.2 Å². The monoisotopic (exact) mass is 442 g/mol. The Kier molecular flexibility index (Phi) is 10.0. The number of ether oxygens (including phenoxy) is 1. The molecule has 2 aromatic carbocycles. The molecule has 1 saturated carbocycles. The Balaban J connectivity index is 1.54. The van der Waals surface area contributed by atoms with Crippen LogP contribution in [0.15, 0.2) is 36.4 Å². The van der Waals surface area contributed by atoms with Gasteiger partial charge in [-0.1, -0.05) is 89.5 Å². The molecule has 0 atom stereocenters. The topological polar surface area (TPSA) is 9.23 Å². The number of halogens is 2. The van der Waals surface area contributed by atoms with Gasteiger partial charge in [-0.3, -0.25) is 0 Å². The van der Waals surface area contributed by atoms with Crippen molar-refractivity contribution in [3.8, 4) is 16.9 Å². The van der Waals surface area contributed by atoms with Crippen molar-refractivity contribution in [2.24, 2.45) is 11.8 Å². The zero-order valence-corrected chi connectivity index (χ0v) is 20.0. The summed E-state index contributed by atoms with van der Waals surface area (Å²) in [5, 5.41) is 0. The third-order valence-corrected chi connectivity index (χ3v) is 7.02. The Bertz CT molecular complexity index is 807. The van der Waals surface area contributed by atoms with Gasteiger partial charge >= 0.3 is 0 Å². The molecule has 3 heteroatoms. The van der Waals surface area contributed by atoms with Gasteiger partial charge < -0.3 is 4.74 Å². The van der Waals surface area contributed by atoms with Crippen molar-refractivity contribution < 1.29 is 13.5 Å². The first kappa shape index (κ1) is 24.7. The molecule has 32 heavy (non-hydrogen) atoms. The number of aryl methyl sites for hydroxylation is 1. The Morgan fingerprint density at radius 2 is 1.44 bits per heavy atom. The molecule has 1 aliphatic carbocycles. The maximum atomic E-state index is 14.8. The van der Waals surface area contributed by atoms with Crippen molar-refractivity contribution in [2.75, 3.05) is 6.61 Å². The van der Waals surface area contributed by atoms with Gasteiger partial charge in [-0.25, -0.2) is 4.39 Å². The van der Waals surface area contributed by atoms with Gasteiger partial charge in [0.25, 0.3) is 0 Å². The van der Waals surface area contributed by atoms with Crippen LogP contribution in [0.25, 0.3) is 11.1 Å². The predicted octanol–water partition coefficient (Wildman–Crippen LogP) is 9.13. The fourth-order valence-corrected chi connectivity index (χ4v) is 4.95. The van der Waals surface area contributed by atoms with Gasteiger partial charge in [0.2, 0.25) is 5.82 Å². The van der Waals surface area contributed by atoms with Gasteiger partial charge in [-0.15, -0.1) is 0 Å². The Labute approximate surface area is 193 Å². The number of hydrogen-bond acceptors (Lipinski definition) is 1. The molecule has 1 fully saturated rings. The zero-order chi connectivity index (χ0) is 22.8. The van der Waals surface area contributed by atoms with Crippen LogP contribution in [-0.2, 0) is 6.42 Å². The number of benzene rings is 2. The molecule has 0 unspecified atom stereocenters. The van der Waals surface area contributed by atoms with Crippen LogP contribution in [-0.4, -0.2) is 6.61 Å². The van der Waals surface area contributed by atoms with Crippen molar-refractivity contribution in [1.29, 1.82) is 0 Å². The predicted molar refractivity (Wildman–Crippen MR) is 130 cm³/mol. The summed E-state index contributed by atoms with van der Waals surface area (Å²) >= 11 is 0. The van der Waals surface area contributed by atoms with E-state index in [2.05, 4.69) is 13.8 Å². The van der Waals surface area contributed by atoms with Gasteiger partial charge in [0.15, 0.2) is 11.6 Å². The number of rotatable bonds is 12. The molecule has 0 N–H and O–H groups in total. The van der Waals surface area contributed by atoms with E-state index >= 15 is 0 Å². The van der Waals surface area contributed by atoms with E-state index in [1.54, 1.807) is 12.1 Å².